The molecule has 1 aliphatic rings. The lowest BCUT2D eigenvalue weighted by Crippen LogP contribution is -2.03. The van der Waals surface area contributed by atoms with E-state index in [0.29, 0.717) is 12.2 Å². The highest BCUT2D eigenvalue weighted by Gasteiger charge is 2.07. The summed E-state index contributed by atoms with van der Waals surface area (Å²) in [4.78, 5) is 0. The molecule has 0 amide bonds. The van der Waals surface area contributed by atoms with Crippen LogP contribution in [-0.4, -0.2) is 12.2 Å². The second-order valence-electron chi connectivity index (χ2n) is 1.93. The van der Waals surface area contributed by atoms with Crippen molar-refractivity contribution in [1.29, 1.82) is 0 Å². The molecule has 0 fully saturated rings. The first-order valence-electron chi connectivity index (χ1n) is 2.63. The Kier molecular flexibility index (Phi) is 1.15. The molecule has 40 valence electrons. The lowest BCUT2D eigenvalue weighted by molar-refractivity contribution is 0.0830. The third-order valence-corrected chi connectivity index (χ3v) is 1.08. The van der Waals surface area contributed by atoms with E-state index in [1.54, 1.807) is 0 Å². The predicted molar refractivity (Wildman–Crippen MR) is 29.1 cm³/mol. The third-order valence-electron chi connectivity index (χ3n) is 1.08. The number of hydrogen-bond donors (Lipinski definition) is 0. The molecule has 0 aliphatic carbocycles. The van der Waals surface area contributed by atoms with Crippen LogP contribution in [0.25, 0.3) is 0 Å². The second-order valence-corrected chi connectivity index (χ2v) is 1.93. The molecule has 0 radical (unpaired) electrons. The Bertz CT molecular complexity index is 76.2. The third kappa shape index (κ3) is 1.03. The van der Waals surface area contributed by atoms with Crippen molar-refractivity contribution in [3.05, 3.63) is 12.2 Å². The maximum Gasteiger partial charge on any atom is 0.0736 e. The van der Waals surface area contributed by atoms with Crippen LogP contribution in [0.3, 0.4) is 0 Å². The Labute approximate surface area is 44.0 Å². The van der Waals surface area contributed by atoms with Gasteiger partial charge in [0.25, 0.3) is 0 Å². The quantitative estimate of drug-likeness (QED) is 0.415. The van der Waals surface area contributed by atoms with E-state index in [9.17, 15) is 0 Å². The van der Waals surface area contributed by atoms with Gasteiger partial charge >= 0.3 is 0 Å². The summed E-state index contributed by atoms with van der Waals surface area (Å²) in [5, 5.41) is 0. The molecule has 1 nitrogen and oxygen atoms in total. The SMILES string of the molecule is C[C@@H]1C=C[C@H](C)O1. The molecule has 1 heterocycles. The number of hydrogen-bond acceptors (Lipinski definition) is 1. The Hall–Kier alpha value is -0.300. The zero-order valence-corrected chi connectivity index (χ0v) is 4.72. The van der Waals surface area contributed by atoms with Crippen LogP contribution in [-0.2, 0) is 4.74 Å². The summed E-state index contributed by atoms with van der Waals surface area (Å²) in [6.45, 7) is 4.08. The molecular weight excluding hydrogens is 88.1 g/mol. The van der Waals surface area contributed by atoms with Crippen molar-refractivity contribution in [1.82, 2.24) is 0 Å². The fourth-order valence-corrected chi connectivity index (χ4v) is 0.742. The van der Waals surface area contributed by atoms with Gasteiger partial charge in [-0.1, -0.05) is 12.2 Å². The molecule has 1 rings (SSSR count). The largest absolute Gasteiger partial charge is 0.367 e. The van der Waals surface area contributed by atoms with Crippen molar-refractivity contribution < 1.29 is 4.74 Å². The average Bonchev–Trinajstić information content (AvgIpc) is 1.87. The van der Waals surface area contributed by atoms with Crippen molar-refractivity contribution >= 4 is 0 Å². The van der Waals surface area contributed by atoms with Crippen LogP contribution in [0.2, 0.25) is 0 Å². The topological polar surface area (TPSA) is 9.23 Å². The van der Waals surface area contributed by atoms with Crippen molar-refractivity contribution in [3.8, 4) is 0 Å². The van der Waals surface area contributed by atoms with Crippen LogP contribution in [0.5, 0.6) is 0 Å². The predicted octanol–water partition coefficient (Wildman–Crippen LogP) is 1.35. The Morgan fingerprint density at radius 1 is 1.14 bits per heavy atom. The van der Waals surface area contributed by atoms with E-state index in [1.165, 1.54) is 0 Å². The van der Waals surface area contributed by atoms with E-state index in [2.05, 4.69) is 12.2 Å². The molecule has 1 heteroatoms. The summed E-state index contributed by atoms with van der Waals surface area (Å²) < 4.78 is 5.25. The average molecular weight is 98.1 g/mol. The first-order chi connectivity index (χ1) is 3.29. The molecule has 0 aromatic carbocycles. The molecular formula is C6H10O. The normalized spacial score (nSPS) is 39.7. The highest BCUT2D eigenvalue weighted by molar-refractivity contribution is 4.98. The summed E-state index contributed by atoms with van der Waals surface area (Å²) in [6, 6.07) is 0. The first-order valence-corrected chi connectivity index (χ1v) is 2.63. The van der Waals surface area contributed by atoms with Crippen molar-refractivity contribution in [3.63, 3.8) is 0 Å². The first kappa shape index (κ1) is 4.85. The summed E-state index contributed by atoms with van der Waals surface area (Å²) in [5.41, 5.74) is 0. The van der Waals surface area contributed by atoms with Gasteiger partial charge in [0.15, 0.2) is 0 Å². The number of ether oxygens (including phenoxy) is 1. The van der Waals surface area contributed by atoms with Gasteiger partial charge in [-0.25, -0.2) is 0 Å². The van der Waals surface area contributed by atoms with Crippen molar-refractivity contribution in [2.24, 2.45) is 0 Å². The van der Waals surface area contributed by atoms with E-state index >= 15 is 0 Å². The second kappa shape index (κ2) is 1.66. The summed E-state index contributed by atoms with van der Waals surface area (Å²) in [5.74, 6) is 0. The fraction of sp³-hybridized carbons (Fsp3) is 0.667. The monoisotopic (exact) mass is 98.1 g/mol. The molecule has 7 heavy (non-hydrogen) atoms. The minimum absolute atomic E-state index is 0.343. The van der Waals surface area contributed by atoms with Gasteiger partial charge in [0.2, 0.25) is 0 Å². The maximum absolute atomic E-state index is 5.25. The highest BCUT2D eigenvalue weighted by Crippen LogP contribution is 2.08. The molecule has 0 saturated heterocycles. The summed E-state index contributed by atoms with van der Waals surface area (Å²) >= 11 is 0. The van der Waals surface area contributed by atoms with Crippen LogP contribution in [0, 0.1) is 0 Å². The summed E-state index contributed by atoms with van der Waals surface area (Å²) in [7, 11) is 0. The standard InChI is InChI=1S/C6H10O/c1-5-3-4-6(2)7-5/h3-6H,1-2H3/t5-,6+. The molecule has 0 saturated carbocycles. The highest BCUT2D eigenvalue weighted by atomic mass is 16.5. The van der Waals surface area contributed by atoms with E-state index in [4.69, 9.17) is 4.74 Å². The maximum atomic E-state index is 5.25. The number of rotatable bonds is 0. The van der Waals surface area contributed by atoms with E-state index in [1.807, 2.05) is 13.8 Å². The minimum Gasteiger partial charge on any atom is -0.367 e. The zero-order valence-electron chi connectivity index (χ0n) is 4.72. The van der Waals surface area contributed by atoms with E-state index in [0.717, 1.165) is 0 Å². The van der Waals surface area contributed by atoms with Gasteiger partial charge in [-0.2, -0.15) is 0 Å². The van der Waals surface area contributed by atoms with E-state index in [-0.39, 0.29) is 0 Å². The molecule has 2 atom stereocenters. The molecule has 0 N–H and O–H groups in total. The van der Waals surface area contributed by atoms with Crippen LogP contribution in [0.1, 0.15) is 13.8 Å². The minimum atomic E-state index is 0.343. The van der Waals surface area contributed by atoms with Gasteiger partial charge in [-0.05, 0) is 13.8 Å². The van der Waals surface area contributed by atoms with Gasteiger partial charge in [0, 0.05) is 0 Å². The fourth-order valence-electron chi connectivity index (χ4n) is 0.742. The Balaban J connectivity index is 2.42. The van der Waals surface area contributed by atoms with Crippen LogP contribution in [0.15, 0.2) is 12.2 Å². The molecule has 0 aromatic rings. The van der Waals surface area contributed by atoms with Crippen LogP contribution in [0.4, 0.5) is 0 Å². The lowest BCUT2D eigenvalue weighted by atomic mass is 10.4. The lowest BCUT2D eigenvalue weighted by Gasteiger charge is -2.02. The zero-order chi connectivity index (χ0) is 5.28. The summed E-state index contributed by atoms with van der Waals surface area (Å²) in [6.07, 6.45) is 4.83. The van der Waals surface area contributed by atoms with Gasteiger partial charge < -0.3 is 4.74 Å². The van der Waals surface area contributed by atoms with E-state index < -0.39 is 0 Å². The molecule has 0 aromatic heterocycles. The van der Waals surface area contributed by atoms with Gasteiger partial charge in [0.05, 0.1) is 12.2 Å². The van der Waals surface area contributed by atoms with Crippen LogP contribution >= 0.6 is 0 Å². The van der Waals surface area contributed by atoms with Crippen LogP contribution < -0.4 is 0 Å². The molecule has 0 unspecified atom stereocenters. The molecule has 1 aliphatic heterocycles. The molecule has 0 spiro atoms. The molecule has 0 bridgehead atoms. The smallest absolute Gasteiger partial charge is 0.0736 e. The van der Waals surface area contributed by atoms with Crippen molar-refractivity contribution in [2.45, 2.75) is 26.1 Å². The van der Waals surface area contributed by atoms with Gasteiger partial charge in [0.1, 0.15) is 0 Å². The Morgan fingerprint density at radius 2 is 1.57 bits per heavy atom. The Morgan fingerprint density at radius 3 is 1.71 bits per heavy atom. The van der Waals surface area contributed by atoms with Crippen molar-refractivity contribution in [2.75, 3.05) is 0 Å². The van der Waals surface area contributed by atoms with Gasteiger partial charge in [-0.15, -0.1) is 0 Å². The van der Waals surface area contributed by atoms with Gasteiger partial charge in [-0.3, -0.25) is 0 Å².